The third-order valence-electron chi connectivity index (χ3n) is 1.25. The Labute approximate surface area is 61.5 Å². The van der Waals surface area contributed by atoms with E-state index in [0.29, 0.717) is 0 Å². The first-order valence-electron chi connectivity index (χ1n) is 3.02. The van der Waals surface area contributed by atoms with Gasteiger partial charge < -0.3 is 11.5 Å². The van der Waals surface area contributed by atoms with E-state index in [1.54, 1.807) is 0 Å². The molecule has 0 bridgehead atoms. The molecule has 0 heterocycles. The predicted molar refractivity (Wildman–Crippen MR) is 32.8 cm³/mol. The molecule has 0 aliphatic carbocycles. The fourth-order valence-corrected chi connectivity index (χ4v) is 0.510. The van der Waals surface area contributed by atoms with Crippen molar-refractivity contribution in [2.24, 2.45) is 11.5 Å². The van der Waals surface area contributed by atoms with Gasteiger partial charge in [-0.15, -0.1) is 0 Å². The summed E-state index contributed by atoms with van der Waals surface area (Å²) in [6.07, 6.45) is -5.33. The molecule has 0 rings (SSSR count). The fourth-order valence-electron chi connectivity index (χ4n) is 0.510. The molecule has 0 aromatic rings. The molecule has 2 nitrogen and oxygen atoms in total. The zero-order valence-electron chi connectivity index (χ0n) is 5.74. The third-order valence-corrected chi connectivity index (χ3v) is 1.25. The summed E-state index contributed by atoms with van der Waals surface area (Å²) in [6, 6.07) is 0. The molecule has 0 spiro atoms. The second-order valence-electron chi connectivity index (χ2n) is 2.08. The van der Waals surface area contributed by atoms with Gasteiger partial charge in [0.25, 0.3) is 0 Å². The summed E-state index contributed by atoms with van der Waals surface area (Å²) in [5.41, 5.74) is 9.18. The lowest BCUT2D eigenvalue weighted by Crippen LogP contribution is -2.46. The number of hydrogen-bond donors (Lipinski definition) is 2. The van der Waals surface area contributed by atoms with Crippen molar-refractivity contribution in [3.63, 3.8) is 0 Å². The van der Waals surface area contributed by atoms with Gasteiger partial charge in [0.15, 0.2) is 12.3 Å². The van der Waals surface area contributed by atoms with Gasteiger partial charge in [0.2, 0.25) is 0 Å². The summed E-state index contributed by atoms with van der Waals surface area (Å²) in [6.45, 7) is -1.82. The standard InChI is InChI=1S/C5H10F4N2/c6-3(1-10)5(8,9)4(7)2-11/h3-4H,1-2,10-11H2. The molecule has 6 heteroatoms. The minimum absolute atomic E-state index is 0.909. The highest BCUT2D eigenvalue weighted by Crippen LogP contribution is 2.26. The maximum atomic E-state index is 12.3. The van der Waals surface area contributed by atoms with Gasteiger partial charge in [-0.1, -0.05) is 0 Å². The van der Waals surface area contributed by atoms with Gasteiger partial charge in [-0.2, -0.15) is 0 Å². The molecule has 2 unspecified atom stereocenters. The van der Waals surface area contributed by atoms with Crippen LogP contribution in [0.3, 0.4) is 0 Å². The zero-order chi connectivity index (χ0) is 9.07. The molecule has 0 fully saturated rings. The summed E-state index contributed by atoms with van der Waals surface area (Å²) in [4.78, 5) is 0. The SMILES string of the molecule is NCC(F)C(F)(F)C(F)CN. The molecule has 0 saturated carbocycles. The Morgan fingerprint density at radius 3 is 1.45 bits per heavy atom. The van der Waals surface area contributed by atoms with Crippen molar-refractivity contribution < 1.29 is 17.6 Å². The topological polar surface area (TPSA) is 52.0 Å². The van der Waals surface area contributed by atoms with E-state index in [2.05, 4.69) is 11.5 Å². The average molecular weight is 174 g/mol. The number of nitrogens with two attached hydrogens (primary N) is 2. The van der Waals surface area contributed by atoms with Crippen LogP contribution in [-0.2, 0) is 0 Å². The fraction of sp³-hybridized carbons (Fsp3) is 1.00. The Bertz CT molecular complexity index is 107. The van der Waals surface area contributed by atoms with Crippen LogP contribution in [0.5, 0.6) is 0 Å². The minimum Gasteiger partial charge on any atom is -0.328 e. The third kappa shape index (κ3) is 2.30. The molecule has 4 N–H and O–H groups in total. The molecule has 0 amide bonds. The van der Waals surface area contributed by atoms with Crippen molar-refractivity contribution in [1.82, 2.24) is 0 Å². The second kappa shape index (κ2) is 3.87. The lowest BCUT2D eigenvalue weighted by Gasteiger charge is -2.21. The van der Waals surface area contributed by atoms with Crippen LogP contribution in [0.2, 0.25) is 0 Å². The monoisotopic (exact) mass is 174 g/mol. The van der Waals surface area contributed by atoms with Gasteiger partial charge in [0, 0.05) is 13.1 Å². The van der Waals surface area contributed by atoms with E-state index in [1.165, 1.54) is 0 Å². The summed E-state index contributed by atoms with van der Waals surface area (Å²) < 4.78 is 49.0. The molecular formula is C5H10F4N2. The first-order valence-corrected chi connectivity index (χ1v) is 3.02. The molecule has 0 radical (unpaired) electrons. The highest BCUT2D eigenvalue weighted by Gasteiger charge is 2.47. The number of hydrogen-bond acceptors (Lipinski definition) is 2. The predicted octanol–water partition coefficient (Wildman–Crippen LogP) is 0.215. The normalized spacial score (nSPS) is 18.0. The zero-order valence-corrected chi connectivity index (χ0v) is 5.74. The van der Waals surface area contributed by atoms with Crippen LogP contribution in [-0.4, -0.2) is 31.4 Å². The van der Waals surface area contributed by atoms with Crippen LogP contribution in [0.15, 0.2) is 0 Å². The largest absolute Gasteiger partial charge is 0.328 e. The van der Waals surface area contributed by atoms with E-state index in [1.807, 2.05) is 0 Å². The average Bonchev–Trinajstić information content (AvgIpc) is 2.01. The van der Waals surface area contributed by atoms with Crippen LogP contribution in [0.25, 0.3) is 0 Å². The van der Waals surface area contributed by atoms with Gasteiger partial charge in [-0.25, -0.2) is 17.6 Å². The molecule has 0 aromatic heterocycles. The highest BCUT2D eigenvalue weighted by atomic mass is 19.3. The molecule has 2 atom stereocenters. The van der Waals surface area contributed by atoms with E-state index < -0.39 is 31.4 Å². The first-order chi connectivity index (χ1) is 4.96. The number of alkyl halides is 4. The Morgan fingerprint density at radius 1 is 1.00 bits per heavy atom. The van der Waals surface area contributed by atoms with Gasteiger partial charge in [-0.05, 0) is 0 Å². The van der Waals surface area contributed by atoms with Gasteiger partial charge in [-0.3, -0.25) is 0 Å². The minimum atomic E-state index is -4.07. The van der Waals surface area contributed by atoms with E-state index in [-0.39, 0.29) is 0 Å². The van der Waals surface area contributed by atoms with Crippen LogP contribution in [0, 0.1) is 0 Å². The number of halogens is 4. The lowest BCUT2D eigenvalue weighted by molar-refractivity contribution is -0.120. The Kier molecular flexibility index (Phi) is 3.74. The van der Waals surface area contributed by atoms with Crippen molar-refractivity contribution in [1.29, 1.82) is 0 Å². The van der Waals surface area contributed by atoms with E-state index >= 15 is 0 Å². The Morgan fingerprint density at radius 2 is 1.27 bits per heavy atom. The second-order valence-corrected chi connectivity index (χ2v) is 2.08. The van der Waals surface area contributed by atoms with Crippen molar-refractivity contribution in [2.75, 3.05) is 13.1 Å². The van der Waals surface area contributed by atoms with Crippen molar-refractivity contribution in [3.8, 4) is 0 Å². The van der Waals surface area contributed by atoms with Gasteiger partial charge in [0.05, 0.1) is 0 Å². The van der Waals surface area contributed by atoms with Crippen molar-refractivity contribution in [3.05, 3.63) is 0 Å². The van der Waals surface area contributed by atoms with Crippen molar-refractivity contribution in [2.45, 2.75) is 18.3 Å². The molecule has 0 aromatic carbocycles. The summed E-state index contributed by atoms with van der Waals surface area (Å²) in [5, 5.41) is 0. The summed E-state index contributed by atoms with van der Waals surface area (Å²) in [5.74, 6) is -4.07. The van der Waals surface area contributed by atoms with Crippen LogP contribution < -0.4 is 11.5 Å². The lowest BCUT2D eigenvalue weighted by atomic mass is 10.1. The van der Waals surface area contributed by atoms with Gasteiger partial charge >= 0.3 is 5.92 Å². The smallest absolute Gasteiger partial charge is 0.311 e. The summed E-state index contributed by atoms with van der Waals surface area (Å²) >= 11 is 0. The highest BCUT2D eigenvalue weighted by molar-refractivity contribution is 4.85. The van der Waals surface area contributed by atoms with E-state index in [4.69, 9.17) is 0 Å². The summed E-state index contributed by atoms with van der Waals surface area (Å²) in [7, 11) is 0. The van der Waals surface area contributed by atoms with Crippen LogP contribution in [0.4, 0.5) is 17.6 Å². The molecule has 0 aliphatic heterocycles. The van der Waals surface area contributed by atoms with Gasteiger partial charge in [0.1, 0.15) is 0 Å². The number of rotatable bonds is 4. The molecule has 68 valence electrons. The molecule has 0 saturated heterocycles. The quantitative estimate of drug-likeness (QED) is 0.599. The maximum absolute atomic E-state index is 12.3. The molecular weight excluding hydrogens is 164 g/mol. The van der Waals surface area contributed by atoms with Crippen molar-refractivity contribution >= 4 is 0 Å². The molecule has 11 heavy (non-hydrogen) atoms. The van der Waals surface area contributed by atoms with Crippen LogP contribution >= 0.6 is 0 Å². The first kappa shape index (κ1) is 10.6. The van der Waals surface area contributed by atoms with E-state index in [0.717, 1.165) is 0 Å². The van der Waals surface area contributed by atoms with E-state index in [9.17, 15) is 17.6 Å². The Balaban J connectivity index is 4.18. The Hall–Kier alpha value is -0.360. The maximum Gasteiger partial charge on any atom is 0.311 e. The van der Waals surface area contributed by atoms with Crippen LogP contribution in [0.1, 0.15) is 0 Å². The molecule has 0 aliphatic rings.